The van der Waals surface area contributed by atoms with Gasteiger partial charge in [-0.3, -0.25) is 0 Å². The van der Waals surface area contributed by atoms with Gasteiger partial charge in [-0.2, -0.15) is 0 Å². The van der Waals surface area contributed by atoms with Gasteiger partial charge in [0, 0.05) is 23.9 Å². The average molecular weight is 391 g/mol. The van der Waals surface area contributed by atoms with Crippen LogP contribution in [0.1, 0.15) is 38.8 Å². The zero-order chi connectivity index (χ0) is 20.6. The molecule has 3 heteroatoms. The molecular weight excluding hydrogens is 356 g/mol. The van der Waals surface area contributed by atoms with Gasteiger partial charge in [0.25, 0.3) is 0 Å². The van der Waals surface area contributed by atoms with E-state index in [9.17, 15) is 0 Å². The molecule has 0 fully saturated rings. The van der Waals surface area contributed by atoms with E-state index in [1.165, 1.54) is 21.9 Å². The molecule has 0 saturated carbocycles. The van der Waals surface area contributed by atoms with E-state index < -0.39 is 0 Å². The van der Waals surface area contributed by atoms with E-state index in [-0.39, 0.29) is 0 Å². The Labute approximate surface area is 175 Å². The summed E-state index contributed by atoms with van der Waals surface area (Å²) < 4.78 is 6.05. The Bertz CT molecular complexity index is 897. The summed E-state index contributed by atoms with van der Waals surface area (Å²) in [6.07, 6.45) is 8.92. The number of fused-ring (bicyclic) bond motifs is 3. The lowest BCUT2D eigenvalue weighted by Gasteiger charge is -2.14. The van der Waals surface area contributed by atoms with Crippen LogP contribution in [0.4, 0.5) is 0 Å². The third-order valence-electron chi connectivity index (χ3n) is 5.65. The van der Waals surface area contributed by atoms with Crippen LogP contribution in [0.5, 0.6) is 0 Å². The van der Waals surface area contributed by atoms with Crippen molar-refractivity contribution in [2.24, 2.45) is 0 Å². The SMILES string of the molecule is CCN(CC)C/C=C/c1ccc2oc3ccc(/C=C/CN(CC)CC)cc3c2c1. The van der Waals surface area contributed by atoms with Crippen molar-refractivity contribution in [1.29, 1.82) is 0 Å². The maximum atomic E-state index is 6.05. The number of nitrogens with zero attached hydrogens (tertiary/aromatic N) is 2. The van der Waals surface area contributed by atoms with Crippen molar-refractivity contribution >= 4 is 34.1 Å². The Hall–Kier alpha value is -2.36. The van der Waals surface area contributed by atoms with Crippen molar-refractivity contribution in [2.75, 3.05) is 39.3 Å². The first-order valence-electron chi connectivity index (χ1n) is 10.9. The molecule has 3 aromatic rings. The summed E-state index contributed by atoms with van der Waals surface area (Å²) in [4.78, 5) is 4.80. The molecule has 0 radical (unpaired) electrons. The molecule has 0 aliphatic carbocycles. The Morgan fingerprint density at radius 1 is 0.655 bits per heavy atom. The summed E-state index contributed by atoms with van der Waals surface area (Å²) in [6, 6.07) is 12.9. The van der Waals surface area contributed by atoms with Crippen molar-refractivity contribution < 1.29 is 4.42 Å². The first-order chi connectivity index (χ1) is 14.2. The highest BCUT2D eigenvalue weighted by molar-refractivity contribution is 6.06. The molecule has 0 aliphatic heterocycles. The maximum absolute atomic E-state index is 6.05. The molecule has 0 unspecified atom stereocenters. The van der Waals surface area contributed by atoms with Gasteiger partial charge in [0.1, 0.15) is 11.2 Å². The predicted octanol–water partition coefficient (Wildman–Crippen LogP) is 6.30. The second-order valence-corrected chi connectivity index (χ2v) is 7.39. The molecule has 0 aliphatic rings. The standard InChI is InChI=1S/C26H34N2O/c1-5-27(6-2)17-9-11-21-13-15-25-23(19-21)24-20-22(14-16-26(24)29-25)12-10-18-28(7-3)8-4/h9-16,19-20H,5-8,17-18H2,1-4H3/b11-9+,12-10+. The first-order valence-corrected chi connectivity index (χ1v) is 10.9. The number of benzene rings is 2. The molecule has 0 bridgehead atoms. The first kappa shape index (κ1) is 21.4. The minimum absolute atomic E-state index is 0.949. The summed E-state index contributed by atoms with van der Waals surface area (Å²) in [5.41, 5.74) is 4.33. The summed E-state index contributed by atoms with van der Waals surface area (Å²) >= 11 is 0. The molecule has 0 amide bonds. The zero-order valence-electron chi connectivity index (χ0n) is 18.3. The van der Waals surface area contributed by atoms with Gasteiger partial charge >= 0.3 is 0 Å². The number of hydrogen-bond acceptors (Lipinski definition) is 3. The van der Waals surface area contributed by atoms with Crippen LogP contribution in [0, 0.1) is 0 Å². The van der Waals surface area contributed by atoms with E-state index in [0.717, 1.165) is 50.4 Å². The highest BCUT2D eigenvalue weighted by Gasteiger charge is 2.07. The average Bonchev–Trinajstić information content (AvgIpc) is 3.11. The number of likely N-dealkylation sites (N-methyl/N-ethyl adjacent to an activating group) is 2. The summed E-state index contributed by atoms with van der Waals surface area (Å²) in [7, 11) is 0. The van der Waals surface area contributed by atoms with Crippen molar-refractivity contribution in [2.45, 2.75) is 27.7 Å². The molecule has 29 heavy (non-hydrogen) atoms. The molecule has 3 rings (SSSR count). The Morgan fingerprint density at radius 2 is 1.07 bits per heavy atom. The summed E-state index contributed by atoms with van der Waals surface area (Å²) in [5, 5.41) is 2.37. The Morgan fingerprint density at radius 3 is 1.45 bits per heavy atom. The fourth-order valence-corrected chi connectivity index (χ4v) is 3.66. The molecular formula is C26H34N2O. The van der Waals surface area contributed by atoms with E-state index >= 15 is 0 Å². The van der Waals surface area contributed by atoms with Gasteiger partial charge in [0.05, 0.1) is 0 Å². The molecule has 0 atom stereocenters. The predicted molar refractivity (Wildman–Crippen MR) is 127 cm³/mol. The second kappa shape index (κ2) is 10.4. The molecule has 0 saturated heterocycles. The Balaban J connectivity index is 1.84. The smallest absolute Gasteiger partial charge is 0.135 e. The highest BCUT2D eigenvalue weighted by Crippen LogP contribution is 2.30. The monoisotopic (exact) mass is 390 g/mol. The number of rotatable bonds is 10. The fraction of sp³-hybridized carbons (Fsp3) is 0.385. The van der Waals surface area contributed by atoms with Crippen LogP contribution < -0.4 is 0 Å². The largest absolute Gasteiger partial charge is 0.456 e. The van der Waals surface area contributed by atoms with Crippen molar-refractivity contribution in [3.63, 3.8) is 0 Å². The zero-order valence-corrected chi connectivity index (χ0v) is 18.3. The summed E-state index contributed by atoms with van der Waals surface area (Å²) in [6.45, 7) is 15.1. The molecule has 154 valence electrons. The molecule has 2 aromatic carbocycles. The fourth-order valence-electron chi connectivity index (χ4n) is 3.66. The second-order valence-electron chi connectivity index (χ2n) is 7.39. The van der Waals surface area contributed by atoms with Crippen LogP contribution in [-0.4, -0.2) is 49.1 Å². The van der Waals surface area contributed by atoms with Gasteiger partial charge in [-0.05, 0) is 61.6 Å². The molecule has 0 N–H and O–H groups in total. The van der Waals surface area contributed by atoms with E-state index in [2.05, 4.69) is 98.2 Å². The van der Waals surface area contributed by atoms with Gasteiger partial charge in [0.15, 0.2) is 0 Å². The lowest BCUT2D eigenvalue weighted by molar-refractivity contribution is 0.338. The molecule has 1 aromatic heterocycles. The van der Waals surface area contributed by atoms with Gasteiger partial charge in [-0.25, -0.2) is 0 Å². The molecule has 3 nitrogen and oxygen atoms in total. The van der Waals surface area contributed by atoms with Crippen molar-refractivity contribution in [3.8, 4) is 0 Å². The lowest BCUT2D eigenvalue weighted by Crippen LogP contribution is -2.22. The minimum Gasteiger partial charge on any atom is -0.456 e. The lowest BCUT2D eigenvalue weighted by atomic mass is 10.1. The quantitative estimate of drug-likeness (QED) is 0.405. The van der Waals surface area contributed by atoms with Crippen LogP contribution in [-0.2, 0) is 0 Å². The van der Waals surface area contributed by atoms with Gasteiger partial charge in [-0.15, -0.1) is 0 Å². The van der Waals surface area contributed by atoms with Crippen LogP contribution in [0.3, 0.4) is 0 Å². The van der Waals surface area contributed by atoms with Crippen molar-refractivity contribution in [3.05, 3.63) is 59.7 Å². The maximum Gasteiger partial charge on any atom is 0.135 e. The van der Waals surface area contributed by atoms with Crippen LogP contribution in [0.15, 0.2) is 53.0 Å². The van der Waals surface area contributed by atoms with Gasteiger partial charge < -0.3 is 14.2 Å². The van der Waals surface area contributed by atoms with Crippen LogP contribution in [0.25, 0.3) is 34.1 Å². The van der Waals surface area contributed by atoms with Crippen LogP contribution >= 0.6 is 0 Å². The minimum atomic E-state index is 0.949. The van der Waals surface area contributed by atoms with E-state index in [4.69, 9.17) is 4.42 Å². The number of furan rings is 1. The van der Waals surface area contributed by atoms with E-state index in [1.807, 2.05) is 0 Å². The normalized spacial score (nSPS) is 12.6. The van der Waals surface area contributed by atoms with Gasteiger partial charge in [0.2, 0.25) is 0 Å². The molecule has 1 heterocycles. The number of hydrogen-bond donors (Lipinski definition) is 0. The van der Waals surface area contributed by atoms with E-state index in [0.29, 0.717) is 0 Å². The summed E-state index contributed by atoms with van der Waals surface area (Å²) in [5.74, 6) is 0. The Kier molecular flexibility index (Phi) is 7.68. The van der Waals surface area contributed by atoms with E-state index in [1.54, 1.807) is 0 Å². The van der Waals surface area contributed by atoms with Crippen LogP contribution in [0.2, 0.25) is 0 Å². The highest BCUT2D eigenvalue weighted by atomic mass is 16.3. The third-order valence-corrected chi connectivity index (χ3v) is 5.65. The third kappa shape index (κ3) is 5.37. The topological polar surface area (TPSA) is 19.6 Å². The van der Waals surface area contributed by atoms with Crippen molar-refractivity contribution in [1.82, 2.24) is 9.80 Å². The molecule has 0 spiro atoms. The van der Waals surface area contributed by atoms with Gasteiger partial charge in [-0.1, -0.05) is 64.1 Å².